The van der Waals surface area contributed by atoms with Crippen LogP contribution in [0.15, 0.2) is 41.4 Å². The van der Waals surface area contributed by atoms with Crippen LogP contribution in [0.5, 0.6) is 23.0 Å². The topological polar surface area (TPSA) is 49.3 Å². The summed E-state index contributed by atoms with van der Waals surface area (Å²) in [5, 5.41) is 0. The van der Waals surface area contributed by atoms with Gasteiger partial charge in [0, 0.05) is 18.3 Å². The standard InChI is InChI=1S/C17H19NO4/c1-19-14-7-5-12(6-8-14)11-18-13-9-15(20-2)17(22-4)16(10-13)21-3/h5-11H,1-4H3. The summed E-state index contributed by atoms with van der Waals surface area (Å²) in [5.41, 5.74) is 1.68. The highest BCUT2D eigenvalue weighted by molar-refractivity contribution is 5.82. The monoisotopic (exact) mass is 301 g/mol. The highest BCUT2D eigenvalue weighted by atomic mass is 16.5. The first-order valence-electron chi connectivity index (χ1n) is 6.70. The van der Waals surface area contributed by atoms with Gasteiger partial charge < -0.3 is 18.9 Å². The van der Waals surface area contributed by atoms with Crippen molar-refractivity contribution in [2.75, 3.05) is 28.4 Å². The van der Waals surface area contributed by atoms with E-state index in [2.05, 4.69) is 4.99 Å². The fourth-order valence-corrected chi connectivity index (χ4v) is 1.98. The molecule has 0 aliphatic heterocycles. The molecule has 116 valence electrons. The molecule has 0 atom stereocenters. The molecule has 0 saturated carbocycles. The van der Waals surface area contributed by atoms with E-state index >= 15 is 0 Å². The Morgan fingerprint density at radius 2 is 1.36 bits per heavy atom. The van der Waals surface area contributed by atoms with Crippen LogP contribution in [-0.4, -0.2) is 34.7 Å². The van der Waals surface area contributed by atoms with Crippen molar-refractivity contribution < 1.29 is 18.9 Å². The normalized spacial score (nSPS) is 10.5. The summed E-state index contributed by atoms with van der Waals surface area (Å²) in [4.78, 5) is 4.44. The van der Waals surface area contributed by atoms with E-state index in [9.17, 15) is 0 Å². The van der Waals surface area contributed by atoms with Crippen molar-refractivity contribution in [2.45, 2.75) is 0 Å². The third-order valence-corrected chi connectivity index (χ3v) is 3.13. The average molecular weight is 301 g/mol. The van der Waals surface area contributed by atoms with Crippen molar-refractivity contribution in [1.82, 2.24) is 0 Å². The molecule has 0 aliphatic rings. The van der Waals surface area contributed by atoms with Crippen LogP contribution < -0.4 is 18.9 Å². The molecule has 0 unspecified atom stereocenters. The van der Waals surface area contributed by atoms with E-state index < -0.39 is 0 Å². The van der Waals surface area contributed by atoms with Crippen molar-refractivity contribution in [2.24, 2.45) is 4.99 Å². The van der Waals surface area contributed by atoms with Crippen molar-refractivity contribution in [3.8, 4) is 23.0 Å². The average Bonchev–Trinajstić information content (AvgIpc) is 2.59. The Bertz CT molecular complexity index is 625. The van der Waals surface area contributed by atoms with Crippen LogP contribution >= 0.6 is 0 Å². The lowest BCUT2D eigenvalue weighted by Gasteiger charge is -2.12. The quantitative estimate of drug-likeness (QED) is 0.767. The third-order valence-electron chi connectivity index (χ3n) is 3.13. The smallest absolute Gasteiger partial charge is 0.203 e. The van der Waals surface area contributed by atoms with Gasteiger partial charge in [-0.15, -0.1) is 0 Å². The van der Waals surface area contributed by atoms with Gasteiger partial charge in [-0.2, -0.15) is 0 Å². The predicted octanol–water partition coefficient (Wildman–Crippen LogP) is 3.47. The SMILES string of the molecule is COc1ccc(C=Nc2cc(OC)c(OC)c(OC)c2)cc1. The molecule has 0 aromatic heterocycles. The molecule has 5 nitrogen and oxygen atoms in total. The Balaban J connectivity index is 2.29. The molecule has 0 saturated heterocycles. The number of hydrogen-bond donors (Lipinski definition) is 0. The van der Waals surface area contributed by atoms with Gasteiger partial charge in [-0.1, -0.05) is 0 Å². The lowest BCUT2D eigenvalue weighted by Crippen LogP contribution is -1.94. The zero-order valence-corrected chi connectivity index (χ0v) is 13.1. The summed E-state index contributed by atoms with van der Waals surface area (Å²) in [6, 6.07) is 11.2. The van der Waals surface area contributed by atoms with Gasteiger partial charge in [-0.25, -0.2) is 0 Å². The Hall–Kier alpha value is -2.69. The van der Waals surface area contributed by atoms with Gasteiger partial charge in [0.05, 0.1) is 34.1 Å². The van der Waals surface area contributed by atoms with Crippen LogP contribution in [0, 0.1) is 0 Å². The highest BCUT2D eigenvalue weighted by Gasteiger charge is 2.12. The molecule has 0 amide bonds. The molecular weight excluding hydrogens is 282 g/mol. The van der Waals surface area contributed by atoms with Gasteiger partial charge in [0.15, 0.2) is 11.5 Å². The molecule has 0 N–H and O–H groups in total. The third kappa shape index (κ3) is 3.49. The first kappa shape index (κ1) is 15.7. The van der Waals surface area contributed by atoms with Gasteiger partial charge in [0.1, 0.15) is 5.75 Å². The van der Waals surface area contributed by atoms with Crippen LogP contribution in [0.3, 0.4) is 0 Å². The Morgan fingerprint density at radius 1 is 0.773 bits per heavy atom. The molecule has 0 aliphatic carbocycles. The summed E-state index contributed by atoms with van der Waals surface area (Å²) >= 11 is 0. The van der Waals surface area contributed by atoms with Crippen LogP contribution in [0.2, 0.25) is 0 Å². The van der Waals surface area contributed by atoms with Gasteiger partial charge >= 0.3 is 0 Å². The Kier molecular flexibility index (Phi) is 5.25. The van der Waals surface area contributed by atoms with Crippen molar-refractivity contribution >= 4 is 11.9 Å². The highest BCUT2D eigenvalue weighted by Crippen LogP contribution is 2.40. The zero-order chi connectivity index (χ0) is 15.9. The number of nitrogens with zero attached hydrogens (tertiary/aromatic N) is 1. The van der Waals surface area contributed by atoms with E-state index in [1.165, 1.54) is 0 Å². The number of aliphatic imine (C=N–C) groups is 1. The number of benzene rings is 2. The molecule has 2 aromatic rings. The molecule has 2 rings (SSSR count). The van der Waals surface area contributed by atoms with Gasteiger partial charge in [-0.05, 0) is 29.8 Å². The van der Waals surface area contributed by atoms with E-state index in [-0.39, 0.29) is 0 Å². The second-order valence-corrected chi connectivity index (χ2v) is 4.41. The molecule has 22 heavy (non-hydrogen) atoms. The van der Waals surface area contributed by atoms with Crippen molar-refractivity contribution in [1.29, 1.82) is 0 Å². The summed E-state index contributed by atoms with van der Waals surface area (Å²) in [7, 11) is 6.36. The lowest BCUT2D eigenvalue weighted by molar-refractivity contribution is 0.324. The zero-order valence-electron chi connectivity index (χ0n) is 13.1. The Morgan fingerprint density at radius 3 is 1.82 bits per heavy atom. The van der Waals surface area contributed by atoms with E-state index in [0.29, 0.717) is 22.9 Å². The minimum atomic E-state index is 0.549. The molecule has 0 fully saturated rings. The second-order valence-electron chi connectivity index (χ2n) is 4.41. The predicted molar refractivity (Wildman–Crippen MR) is 86.3 cm³/mol. The minimum absolute atomic E-state index is 0.549. The summed E-state index contributed by atoms with van der Waals surface area (Å²) in [6.45, 7) is 0. The molecule has 0 spiro atoms. The Labute approximate surface area is 130 Å². The maximum Gasteiger partial charge on any atom is 0.203 e. The lowest BCUT2D eigenvalue weighted by atomic mass is 10.2. The molecule has 0 radical (unpaired) electrons. The number of hydrogen-bond acceptors (Lipinski definition) is 5. The van der Waals surface area contributed by atoms with Crippen molar-refractivity contribution in [3.63, 3.8) is 0 Å². The van der Waals surface area contributed by atoms with E-state index in [0.717, 1.165) is 11.3 Å². The number of ether oxygens (including phenoxy) is 4. The first-order chi connectivity index (χ1) is 10.7. The summed E-state index contributed by atoms with van der Waals surface area (Å²) in [5.74, 6) is 2.51. The van der Waals surface area contributed by atoms with Crippen molar-refractivity contribution in [3.05, 3.63) is 42.0 Å². The van der Waals surface area contributed by atoms with E-state index in [1.807, 2.05) is 24.3 Å². The summed E-state index contributed by atoms with van der Waals surface area (Å²) in [6.07, 6.45) is 1.76. The maximum absolute atomic E-state index is 5.31. The number of methoxy groups -OCH3 is 4. The van der Waals surface area contributed by atoms with Crippen LogP contribution in [-0.2, 0) is 0 Å². The fourth-order valence-electron chi connectivity index (χ4n) is 1.98. The summed E-state index contributed by atoms with van der Waals surface area (Å²) < 4.78 is 21.0. The molecule has 0 bridgehead atoms. The molecular formula is C17H19NO4. The van der Waals surface area contributed by atoms with E-state index in [4.69, 9.17) is 18.9 Å². The second kappa shape index (κ2) is 7.36. The van der Waals surface area contributed by atoms with Gasteiger partial charge in [0.2, 0.25) is 5.75 Å². The van der Waals surface area contributed by atoms with Gasteiger partial charge in [-0.3, -0.25) is 4.99 Å². The number of rotatable bonds is 6. The maximum atomic E-state index is 5.31. The molecule has 5 heteroatoms. The van der Waals surface area contributed by atoms with Gasteiger partial charge in [0.25, 0.3) is 0 Å². The van der Waals surface area contributed by atoms with Crippen LogP contribution in [0.4, 0.5) is 5.69 Å². The van der Waals surface area contributed by atoms with Crippen LogP contribution in [0.25, 0.3) is 0 Å². The molecule has 2 aromatic carbocycles. The largest absolute Gasteiger partial charge is 0.497 e. The first-order valence-corrected chi connectivity index (χ1v) is 6.70. The molecule has 0 heterocycles. The minimum Gasteiger partial charge on any atom is -0.497 e. The van der Waals surface area contributed by atoms with E-state index in [1.54, 1.807) is 46.8 Å². The van der Waals surface area contributed by atoms with Crippen LogP contribution in [0.1, 0.15) is 5.56 Å². The fraction of sp³-hybridized carbons (Fsp3) is 0.235.